The van der Waals surface area contributed by atoms with Gasteiger partial charge in [-0.2, -0.15) is 0 Å². The van der Waals surface area contributed by atoms with Gasteiger partial charge < -0.3 is 9.32 Å². The van der Waals surface area contributed by atoms with Crippen molar-refractivity contribution < 1.29 is 4.42 Å². The smallest absolute Gasteiger partial charge is 0.136 e. The summed E-state index contributed by atoms with van der Waals surface area (Å²) in [5.74, 6) is 0. The molecule has 16 rings (SSSR count). The summed E-state index contributed by atoms with van der Waals surface area (Å²) in [5.41, 5.74) is 22.1. The minimum absolute atomic E-state index is 0.515. The Hall–Kier alpha value is -8.28. The molecule has 0 fully saturated rings. The highest BCUT2D eigenvalue weighted by Crippen LogP contribution is 2.65. The van der Waals surface area contributed by atoms with Gasteiger partial charge in [0.15, 0.2) is 0 Å². The molecule has 0 atom stereocenters. The van der Waals surface area contributed by atoms with Gasteiger partial charge in [0.2, 0.25) is 0 Å². The molecule has 0 saturated carbocycles. The van der Waals surface area contributed by atoms with Crippen molar-refractivity contribution in [2.75, 3.05) is 4.90 Å². The largest absolute Gasteiger partial charge is 0.456 e. The molecule has 3 heterocycles. The number of nitrogens with zero attached hydrogens (tertiary/aromatic N) is 1. The van der Waals surface area contributed by atoms with Crippen molar-refractivity contribution in [3.8, 4) is 33.4 Å². The van der Waals surface area contributed by atoms with Crippen LogP contribution in [0.5, 0.6) is 0 Å². The van der Waals surface area contributed by atoms with Gasteiger partial charge in [0.1, 0.15) is 11.2 Å². The quantitative estimate of drug-likeness (QED) is 0.175. The summed E-state index contributed by atoms with van der Waals surface area (Å²) in [4.78, 5) is 7.70. The van der Waals surface area contributed by atoms with Gasteiger partial charge in [-0.05, 0) is 151 Å². The molecule has 0 amide bonds. The highest BCUT2D eigenvalue weighted by molar-refractivity contribution is 7.99. The first kappa shape index (κ1) is 40.4. The van der Waals surface area contributed by atoms with Crippen LogP contribution in [0.4, 0.5) is 17.1 Å². The Balaban J connectivity index is 0.957. The van der Waals surface area contributed by atoms with Crippen LogP contribution in [0.1, 0.15) is 44.5 Å². The van der Waals surface area contributed by atoms with Crippen LogP contribution >= 0.6 is 23.5 Å². The van der Waals surface area contributed by atoms with E-state index in [0.29, 0.717) is 0 Å². The predicted molar refractivity (Wildman–Crippen MR) is 297 cm³/mol. The van der Waals surface area contributed by atoms with Crippen molar-refractivity contribution in [2.24, 2.45) is 0 Å². The second kappa shape index (κ2) is 15.1. The van der Waals surface area contributed by atoms with Crippen LogP contribution in [0.2, 0.25) is 0 Å². The normalized spacial score (nSPS) is 14.5. The minimum Gasteiger partial charge on any atom is -0.456 e. The number of rotatable bonds is 4. The van der Waals surface area contributed by atoms with E-state index in [1.54, 1.807) is 0 Å². The zero-order chi connectivity index (χ0) is 47.1. The topological polar surface area (TPSA) is 16.4 Å². The average Bonchev–Trinajstić information content (AvgIpc) is 4.07. The molecule has 2 aliphatic heterocycles. The van der Waals surface area contributed by atoms with Gasteiger partial charge >= 0.3 is 0 Å². The zero-order valence-electron chi connectivity index (χ0n) is 38.8. The summed E-state index contributed by atoms with van der Waals surface area (Å²) in [6, 6.07) is 93.1. The lowest BCUT2D eigenvalue weighted by atomic mass is 9.67. The van der Waals surface area contributed by atoms with E-state index in [2.05, 4.69) is 248 Å². The number of benzene rings is 11. The van der Waals surface area contributed by atoms with Gasteiger partial charge in [0.05, 0.1) is 10.8 Å². The first-order chi connectivity index (χ1) is 35.7. The van der Waals surface area contributed by atoms with Crippen molar-refractivity contribution in [1.29, 1.82) is 0 Å². The maximum Gasteiger partial charge on any atom is 0.136 e. The Labute approximate surface area is 426 Å². The van der Waals surface area contributed by atoms with E-state index >= 15 is 0 Å². The molecule has 1 aromatic heterocycles. The Morgan fingerprint density at radius 3 is 1.19 bits per heavy atom. The second-order valence-electron chi connectivity index (χ2n) is 19.4. The van der Waals surface area contributed by atoms with Gasteiger partial charge in [0.25, 0.3) is 0 Å². The Bertz CT molecular complexity index is 3970. The highest BCUT2D eigenvalue weighted by Gasteiger charge is 2.52. The van der Waals surface area contributed by atoms with Gasteiger partial charge in [0, 0.05) is 47.4 Å². The van der Waals surface area contributed by atoms with Crippen molar-refractivity contribution in [2.45, 2.75) is 30.4 Å². The van der Waals surface area contributed by atoms with Crippen molar-refractivity contribution in [3.05, 3.63) is 293 Å². The summed E-state index contributed by atoms with van der Waals surface area (Å²) >= 11 is 3.77. The molecule has 2 aliphatic carbocycles. The molecule has 4 heteroatoms. The number of para-hydroxylation sites is 1. The Kier molecular flexibility index (Phi) is 8.49. The van der Waals surface area contributed by atoms with E-state index in [1.807, 2.05) is 29.6 Å². The molecule has 11 aromatic carbocycles. The fourth-order valence-corrected chi connectivity index (χ4v) is 15.6. The third kappa shape index (κ3) is 5.33. The van der Waals surface area contributed by atoms with Gasteiger partial charge in [-0.25, -0.2) is 0 Å². The van der Waals surface area contributed by atoms with Gasteiger partial charge in [-0.3, -0.25) is 0 Å². The molecule has 0 radical (unpaired) electrons. The molecule has 0 N–H and O–H groups in total. The van der Waals surface area contributed by atoms with E-state index in [9.17, 15) is 0 Å². The van der Waals surface area contributed by atoms with Crippen LogP contribution in [-0.2, 0) is 10.8 Å². The first-order valence-corrected chi connectivity index (χ1v) is 26.4. The second-order valence-corrected chi connectivity index (χ2v) is 21.6. The molecular weight excluding hydrogens is 911 g/mol. The van der Waals surface area contributed by atoms with Crippen LogP contribution in [0.15, 0.2) is 273 Å². The molecule has 0 unspecified atom stereocenters. The minimum atomic E-state index is -0.515. The summed E-state index contributed by atoms with van der Waals surface area (Å²) in [6.07, 6.45) is 0. The molecule has 0 saturated heterocycles. The van der Waals surface area contributed by atoms with E-state index in [4.69, 9.17) is 4.42 Å². The number of anilines is 3. The lowest BCUT2D eigenvalue weighted by Gasteiger charge is -2.40. The van der Waals surface area contributed by atoms with Gasteiger partial charge in [-0.1, -0.05) is 199 Å². The number of furan rings is 1. The number of fused-ring (bicyclic) bond motifs is 21. The molecule has 336 valence electrons. The third-order valence-electron chi connectivity index (χ3n) is 16.0. The molecular formula is C68H41NOS2. The van der Waals surface area contributed by atoms with Crippen LogP contribution in [0.25, 0.3) is 55.3 Å². The zero-order valence-corrected chi connectivity index (χ0v) is 40.5. The number of hydrogen-bond acceptors (Lipinski definition) is 4. The molecule has 72 heavy (non-hydrogen) atoms. The summed E-state index contributed by atoms with van der Waals surface area (Å²) in [7, 11) is 0. The van der Waals surface area contributed by atoms with E-state index < -0.39 is 10.8 Å². The van der Waals surface area contributed by atoms with Crippen LogP contribution < -0.4 is 4.90 Å². The maximum absolute atomic E-state index is 6.38. The summed E-state index contributed by atoms with van der Waals surface area (Å²) in [6.45, 7) is 0. The predicted octanol–water partition coefficient (Wildman–Crippen LogP) is 18.4. The monoisotopic (exact) mass is 951 g/mol. The fourth-order valence-electron chi connectivity index (χ4n) is 13.2. The number of hydrogen-bond donors (Lipinski definition) is 0. The van der Waals surface area contributed by atoms with Crippen molar-refractivity contribution in [1.82, 2.24) is 0 Å². The van der Waals surface area contributed by atoms with Crippen LogP contribution in [-0.4, -0.2) is 0 Å². The van der Waals surface area contributed by atoms with E-state index in [-0.39, 0.29) is 0 Å². The van der Waals surface area contributed by atoms with Gasteiger partial charge in [-0.15, -0.1) is 0 Å². The standard InChI is InChI=1S/C68H41NOS2/c1-4-20-52-47(16-1)49-38-36-44(40-58(49)67(52)54-22-6-11-28-62(54)71-63-29-12-7-23-55(63)67)69(43-34-32-42(33-35-43)46-19-15-27-61-66(46)51-18-3-10-26-60(51)70-61)45-37-39-50-48-17-2-5-21-53(48)68(59(50)41-45)56-24-8-13-30-64(56)72-65-31-14-9-25-57(65)68/h1-41H. The average molecular weight is 952 g/mol. The first-order valence-electron chi connectivity index (χ1n) is 24.7. The third-order valence-corrected chi connectivity index (χ3v) is 18.3. The highest BCUT2D eigenvalue weighted by atomic mass is 32.2. The van der Waals surface area contributed by atoms with Crippen molar-refractivity contribution in [3.63, 3.8) is 0 Å². The molecule has 2 nitrogen and oxygen atoms in total. The maximum atomic E-state index is 6.38. The van der Waals surface area contributed by atoms with E-state index in [1.165, 1.54) is 86.3 Å². The summed E-state index contributed by atoms with van der Waals surface area (Å²) in [5, 5.41) is 2.27. The van der Waals surface area contributed by atoms with Crippen molar-refractivity contribution >= 4 is 62.5 Å². The Morgan fingerprint density at radius 1 is 0.292 bits per heavy atom. The van der Waals surface area contributed by atoms with Crippen LogP contribution in [0, 0.1) is 0 Å². The SMILES string of the molecule is c1ccc2c(c1)Sc1ccccc1C21c2ccccc2-c2ccc(N(c3ccc(-c4cccc5oc6ccccc6c45)cc3)c3ccc4c(c3)C3(c5ccccc5Sc5ccccc53)c3ccccc3-4)cc21. The molecule has 12 aromatic rings. The molecule has 0 bridgehead atoms. The lowest BCUT2D eigenvalue weighted by molar-refractivity contribution is 0.669. The van der Waals surface area contributed by atoms with Crippen LogP contribution in [0.3, 0.4) is 0 Å². The van der Waals surface area contributed by atoms with E-state index in [0.717, 1.165) is 50.1 Å². The Morgan fingerprint density at radius 2 is 0.681 bits per heavy atom. The molecule has 4 aliphatic rings. The lowest BCUT2D eigenvalue weighted by Crippen LogP contribution is -2.32. The fraction of sp³-hybridized carbons (Fsp3) is 0.0294. The summed E-state index contributed by atoms with van der Waals surface area (Å²) < 4.78 is 6.38. The molecule has 2 spiro atoms.